The van der Waals surface area contributed by atoms with E-state index in [1.54, 1.807) is 11.1 Å². The molecular formula is C48H44. The van der Waals surface area contributed by atoms with Gasteiger partial charge in [0.25, 0.3) is 0 Å². The van der Waals surface area contributed by atoms with Crippen molar-refractivity contribution in [1.29, 1.82) is 0 Å². The van der Waals surface area contributed by atoms with Crippen LogP contribution in [0.25, 0.3) is 65.7 Å². The van der Waals surface area contributed by atoms with Gasteiger partial charge in [0.1, 0.15) is 0 Å². The molecule has 7 aromatic rings. The first-order valence-electron chi connectivity index (χ1n) is 18.5. The second kappa shape index (κ2) is 12.7. The Labute approximate surface area is 285 Å². The first-order chi connectivity index (χ1) is 23.8. The van der Waals surface area contributed by atoms with E-state index in [2.05, 4.69) is 133 Å². The lowest BCUT2D eigenvalue weighted by Gasteiger charge is -2.27. The van der Waals surface area contributed by atoms with Crippen molar-refractivity contribution in [3.63, 3.8) is 0 Å². The van der Waals surface area contributed by atoms with Crippen LogP contribution in [0.15, 0.2) is 133 Å². The Morgan fingerprint density at radius 2 is 0.750 bits per heavy atom. The van der Waals surface area contributed by atoms with Gasteiger partial charge in [-0.05, 0) is 126 Å². The van der Waals surface area contributed by atoms with Crippen molar-refractivity contribution in [2.45, 2.75) is 76.0 Å². The van der Waals surface area contributed by atoms with E-state index in [1.165, 1.54) is 130 Å². The van der Waals surface area contributed by atoms with E-state index in [0.717, 1.165) is 11.8 Å². The molecule has 7 aromatic carbocycles. The summed E-state index contributed by atoms with van der Waals surface area (Å²) in [5.74, 6) is 1.45. The third kappa shape index (κ3) is 5.42. The van der Waals surface area contributed by atoms with Gasteiger partial charge in [-0.1, -0.05) is 160 Å². The third-order valence-electron chi connectivity index (χ3n) is 11.6. The van der Waals surface area contributed by atoms with Crippen molar-refractivity contribution in [2.75, 3.05) is 0 Å². The Morgan fingerprint density at radius 3 is 1.27 bits per heavy atom. The van der Waals surface area contributed by atoms with Crippen molar-refractivity contribution in [3.8, 4) is 33.4 Å². The number of rotatable bonds is 5. The zero-order valence-corrected chi connectivity index (χ0v) is 27.9. The summed E-state index contributed by atoms with van der Waals surface area (Å²) < 4.78 is 0. The number of benzene rings is 7. The Morgan fingerprint density at radius 1 is 0.312 bits per heavy atom. The third-order valence-corrected chi connectivity index (χ3v) is 11.6. The quantitative estimate of drug-likeness (QED) is 0.168. The van der Waals surface area contributed by atoms with E-state index in [4.69, 9.17) is 0 Å². The molecule has 0 unspecified atom stereocenters. The van der Waals surface area contributed by atoms with Crippen LogP contribution in [0.3, 0.4) is 0 Å². The van der Waals surface area contributed by atoms with Crippen LogP contribution in [0, 0.1) is 0 Å². The highest BCUT2D eigenvalue weighted by atomic mass is 14.3. The van der Waals surface area contributed by atoms with Gasteiger partial charge in [-0.15, -0.1) is 0 Å². The number of hydrogen-bond acceptors (Lipinski definition) is 0. The lowest BCUT2D eigenvalue weighted by atomic mass is 9.78. The first kappa shape index (κ1) is 29.5. The van der Waals surface area contributed by atoms with Crippen LogP contribution < -0.4 is 0 Å². The van der Waals surface area contributed by atoms with Crippen molar-refractivity contribution in [1.82, 2.24) is 0 Å². The van der Waals surface area contributed by atoms with Gasteiger partial charge in [-0.2, -0.15) is 0 Å². The molecule has 0 amide bonds. The van der Waals surface area contributed by atoms with Gasteiger partial charge in [0.2, 0.25) is 0 Å². The van der Waals surface area contributed by atoms with Gasteiger partial charge in [0.05, 0.1) is 0 Å². The highest BCUT2D eigenvalue weighted by molar-refractivity contribution is 6.21. The first-order valence-corrected chi connectivity index (χ1v) is 18.5. The zero-order chi connectivity index (χ0) is 31.9. The summed E-state index contributed by atoms with van der Waals surface area (Å²) >= 11 is 0. The fraction of sp³-hybridized carbons (Fsp3) is 0.250. The number of fused-ring (bicyclic) bond motifs is 3. The SMILES string of the molecule is c1ccc(-c2c3ccccc3c(-c3ccc4cc(-c5cc(C6CCCCC6)cc(C6CCCCC6)c5)ccc4c3)c3ccccc23)cc1. The van der Waals surface area contributed by atoms with E-state index in [9.17, 15) is 0 Å². The van der Waals surface area contributed by atoms with Crippen molar-refractivity contribution < 1.29 is 0 Å². The van der Waals surface area contributed by atoms with E-state index in [-0.39, 0.29) is 0 Å². The fourth-order valence-electron chi connectivity index (χ4n) is 9.12. The Kier molecular flexibility index (Phi) is 7.82. The van der Waals surface area contributed by atoms with Gasteiger partial charge in [-0.3, -0.25) is 0 Å². The van der Waals surface area contributed by atoms with Crippen LogP contribution in [0.5, 0.6) is 0 Å². The molecule has 0 atom stereocenters. The minimum absolute atomic E-state index is 0.724. The van der Waals surface area contributed by atoms with Crippen LogP contribution in [0.1, 0.15) is 87.2 Å². The molecule has 0 heteroatoms. The summed E-state index contributed by atoms with van der Waals surface area (Å²) in [6.07, 6.45) is 13.7. The lowest BCUT2D eigenvalue weighted by Crippen LogP contribution is -2.08. The van der Waals surface area contributed by atoms with E-state index in [1.807, 2.05) is 0 Å². The highest BCUT2D eigenvalue weighted by Crippen LogP contribution is 2.45. The van der Waals surface area contributed by atoms with Crippen LogP contribution in [-0.4, -0.2) is 0 Å². The molecule has 0 nitrogen and oxygen atoms in total. The maximum Gasteiger partial charge on any atom is -0.00262 e. The Balaban J connectivity index is 1.16. The summed E-state index contributed by atoms with van der Waals surface area (Å²) in [4.78, 5) is 0. The summed E-state index contributed by atoms with van der Waals surface area (Å²) in [6, 6.07) is 50.8. The second-order valence-corrected chi connectivity index (χ2v) is 14.5. The summed E-state index contributed by atoms with van der Waals surface area (Å²) in [7, 11) is 0. The normalized spacial score (nSPS) is 16.2. The standard InChI is InChI=1S/C48H44/c1-4-14-33(15-5-1)40-30-41(34-16-6-2-7-17-34)32-42(31-40)38-25-24-37-29-39(27-26-36(37)28-38)48-45-22-12-10-20-43(45)47(35-18-8-3-9-19-35)44-21-11-13-23-46(44)48/h3,8-13,18-34H,1-2,4-7,14-17H2. The zero-order valence-electron chi connectivity index (χ0n) is 27.9. The van der Waals surface area contributed by atoms with E-state index < -0.39 is 0 Å². The number of hydrogen-bond donors (Lipinski definition) is 0. The van der Waals surface area contributed by atoms with Gasteiger partial charge < -0.3 is 0 Å². The molecule has 0 N–H and O–H groups in total. The summed E-state index contributed by atoms with van der Waals surface area (Å²) in [5, 5.41) is 7.83. The highest BCUT2D eigenvalue weighted by Gasteiger charge is 2.22. The molecule has 0 radical (unpaired) electrons. The van der Waals surface area contributed by atoms with Gasteiger partial charge >= 0.3 is 0 Å². The van der Waals surface area contributed by atoms with Gasteiger partial charge in [0, 0.05) is 0 Å². The predicted molar refractivity (Wildman–Crippen MR) is 207 cm³/mol. The molecule has 9 rings (SSSR count). The van der Waals surface area contributed by atoms with Crippen molar-refractivity contribution in [3.05, 3.63) is 145 Å². The van der Waals surface area contributed by atoms with Crippen LogP contribution in [0.2, 0.25) is 0 Å². The van der Waals surface area contributed by atoms with E-state index in [0.29, 0.717) is 0 Å². The molecule has 0 aliphatic heterocycles. The molecule has 2 aliphatic carbocycles. The monoisotopic (exact) mass is 620 g/mol. The lowest BCUT2D eigenvalue weighted by molar-refractivity contribution is 0.435. The molecule has 48 heavy (non-hydrogen) atoms. The maximum absolute atomic E-state index is 2.61. The molecule has 0 heterocycles. The molecule has 0 saturated heterocycles. The molecule has 2 saturated carbocycles. The average Bonchev–Trinajstić information content (AvgIpc) is 3.17. The van der Waals surface area contributed by atoms with Crippen molar-refractivity contribution in [2.24, 2.45) is 0 Å². The molecule has 0 spiro atoms. The Bertz CT molecular complexity index is 2150. The second-order valence-electron chi connectivity index (χ2n) is 14.5. The van der Waals surface area contributed by atoms with Gasteiger partial charge in [-0.25, -0.2) is 0 Å². The molecule has 2 aliphatic rings. The molecule has 2 fully saturated rings. The predicted octanol–water partition coefficient (Wildman–Crippen LogP) is 14.2. The average molecular weight is 621 g/mol. The van der Waals surface area contributed by atoms with Crippen molar-refractivity contribution >= 4 is 32.3 Å². The molecule has 0 aromatic heterocycles. The minimum Gasteiger partial charge on any atom is -0.0622 e. The van der Waals surface area contributed by atoms with Gasteiger partial charge in [0.15, 0.2) is 0 Å². The van der Waals surface area contributed by atoms with E-state index >= 15 is 0 Å². The fourth-order valence-corrected chi connectivity index (χ4v) is 9.12. The summed E-state index contributed by atoms with van der Waals surface area (Å²) in [6.45, 7) is 0. The molecule has 236 valence electrons. The topological polar surface area (TPSA) is 0 Å². The molecular weight excluding hydrogens is 577 g/mol. The van der Waals surface area contributed by atoms with Crippen LogP contribution >= 0.6 is 0 Å². The Hall–Kier alpha value is -4.68. The summed E-state index contributed by atoms with van der Waals surface area (Å²) in [5.41, 5.74) is 11.2. The smallest absolute Gasteiger partial charge is 0.00262 e. The maximum atomic E-state index is 2.61. The van der Waals surface area contributed by atoms with Crippen LogP contribution in [-0.2, 0) is 0 Å². The van der Waals surface area contributed by atoms with Crippen LogP contribution in [0.4, 0.5) is 0 Å². The minimum atomic E-state index is 0.724. The molecule has 0 bridgehead atoms. The largest absolute Gasteiger partial charge is 0.0622 e.